The van der Waals surface area contributed by atoms with Crippen molar-refractivity contribution < 1.29 is 14.2 Å². The van der Waals surface area contributed by atoms with E-state index in [1.54, 1.807) is 20.4 Å². The van der Waals surface area contributed by atoms with Crippen LogP contribution in [0.5, 0.6) is 17.4 Å². The summed E-state index contributed by atoms with van der Waals surface area (Å²) in [6.45, 7) is 2.27. The fourth-order valence-electron chi connectivity index (χ4n) is 2.02. The molecule has 0 spiro atoms. The van der Waals surface area contributed by atoms with Gasteiger partial charge in [0.2, 0.25) is 5.88 Å². The minimum Gasteiger partial charge on any atom is -0.497 e. The predicted octanol–water partition coefficient (Wildman–Crippen LogP) is 2.70. The standard InChI is InChI=1S/C16H20N2O3/c1-11(17)14-7-6-13(19-2)9-15(14)21-10-12-5-4-8-18-16(12)20-3/h4-9,11H,10,17H2,1-3H3. The van der Waals surface area contributed by atoms with E-state index in [1.165, 1.54) is 0 Å². The molecule has 0 amide bonds. The Morgan fingerprint density at radius 3 is 2.67 bits per heavy atom. The van der Waals surface area contributed by atoms with Crippen molar-refractivity contribution >= 4 is 0 Å². The lowest BCUT2D eigenvalue weighted by Gasteiger charge is -2.16. The lowest BCUT2D eigenvalue weighted by molar-refractivity contribution is 0.288. The maximum Gasteiger partial charge on any atom is 0.219 e. The summed E-state index contributed by atoms with van der Waals surface area (Å²) in [4.78, 5) is 4.15. The second-order valence-corrected chi connectivity index (χ2v) is 4.65. The molecule has 112 valence electrons. The highest BCUT2D eigenvalue weighted by molar-refractivity contribution is 5.42. The average Bonchev–Trinajstić information content (AvgIpc) is 2.52. The monoisotopic (exact) mass is 288 g/mol. The van der Waals surface area contributed by atoms with Crippen LogP contribution in [-0.2, 0) is 6.61 Å². The molecule has 0 radical (unpaired) electrons. The average molecular weight is 288 g/mol. The molecule has 2 rings (SSSR count). The second-order valence-electron chi connectivity index (χ2n) is 4.65. The lowest BCUT2D eigenvalue weighted by atomic mass is 10.1. The number of rotatable bonds is 6. The Morgan fingerprint density at radius 2 is 2.00 bits per heavy atom. The van der Waals surface area contributed by atoms with Gasteiger partial charge in [0.05, 0.1) is 19.8 Å². The largest absolute Gasteiger partial charge is 0.497 e. The van der Waals surface area contributed by atoms with Crippen molar-refractivity contribution in [3.8, 4) is 17.4 Å². The van der Waals surface area contributed by atoms with Gasteiger partial charge >= 0.3 is 0 Å². The van der Waals surface area contributed by atoms with E-state index in [0.29, 0.717) is 18.2 Å². The minimum absolute atomic E-state index is 0.123. The van der Waals surface area contributed by atoms with E-state index in [1.807, 2.05) is 37.3 Å². The van der Waals surface area contributed by atoms with Crippen molar-refractivity contribution in [2.24, 2.45) is 5.73 Å². The first-order valence-electron chi connectivity index (χ1n) is 6.70. The van der Waals surface area contributed by atoms with Crippen LogP contribution in [0.4, 0.5) is 0 Å². The number of hydrogen-bond donors (Lipinski definition) is 1. The molecule has 0 bridgehead atoms. The van der Waals surface area contributed by atoms with E-state index in [4.69, 9.17) is 19.9 Å². The van der Waals surface area contributed by atoms with Crippen LogP contribution in [0, 0.1) is 0 Å². The van der Waals surface area contributed by atoms with Crippen molar-refractivity contribution in [1.82, 2.24) is 4.98 Å². The third-order valence-electron chi connectivity index (χ3n) is 3.14. The SMILES string of the molecule is COc1ccc(C(C)N)c(OCc2cccnc2OC)c1. The first kappa shape index (κ1) is 15.1. The summed E-state index contributed by atoms with van der Waals surface area (Å²) in [5, 5.41) is 0. The molecule has 21 heavy (non-hydrogen) atoms. The summed E-state index contributed by atoms with van der Waals surface area (Å²) >= 11 is 0. The third kappa shape index (κ3) is 3.64. The molecule has 5 heteroatoms. The fourth-order valence-corrected chi connectivity index (χ4v) is 2.02. The maximum atomic E-state index is 5.97. The van der Waals surface area contributed by atoms with Crippen LogP contribution in [-0.4, -0.2) is 19.2 Å². The number of nitrogens with zero attached hydrogens (tertiary/aromatic N) is 1. The van der Waals surface area contributed by atoms with Gasteiger partial charge in [-0.05, 0) is 25.1 Å². The van der Waals surface area contributed by atoms with Crippen LogP contribution >= 0.6 is 0 Å². The van der Waals surface area contributed by atoms with Crippen LogP contribution in [0.1, 0.15) is 24.1 Å². The summed E-state index contributed by atoms with van der Waals surface area (Å²) in [7, 11) is 3.21. The molecule has 0 aliphatic heterocycles. The Kier molecular flexibility index (Phi) is 5.00. The number of aromatic nitrogens is 1. The molecule has 0 saturated heterocycles. The highest BCUT2D eigenvalue weighted by Crippen LogP contribution is 2.29. The molecule has 1 aromatic carbocycles. The minimum atomic E-state index is -0.123. The topological polar surface area (TPSA) is 66.6 Å². The molecule has 1 heterocycles. The Morgan fingerprint density at radius 1 is 1.19 bits per heavy atom. The summed E-state index contributed by atoms with van der Waals surface area (Å²) in [5.41, 5.74) is 7.78. The molecule has 1 unspecified atom stereocenters. The Hall–Kier alpha value is -2.27. The van der Waals surface area contributed by atoms with Crippen LogP contribution in [0.2, 0.25) is 0 Å². The maximum absolute atomic E-state index is 5.97. The second kappa shape index (κ2) is 6.95. The molecule has 0 aliphatic carbocycles. The molecule has 1 aromatic heterocycles. The highest BCUT2D eigenvalue weighted by Gasteiger charge is 2.11. The zero-order chi connectivity index (χ0) is 15.2. The van der Waals surface area contributed by atoms with Gasteiger partial charge in [-0.3, -0.25) is 0 Å². The van der Waals surface area contributed by atoms with E-state index >= 15 is 0 Å². The normalized spacial score (nSPS) is 11.8. The van der Waals surface area contributed by atoms with Gasteiger partial charge in [-0.25, -0.2) is 4.98 Å². The molecule has 0 aliphatic rings. The van der Waals surface area contributed by atoms with Gasteiger partial charge in [0.1, 0.15) is 18.1 Å². The van der Waals surface area contributed by atoms with Crippen LogP contribution in [0.3, 0.4) is 0 Å². The Balaban J connectivity index is 2.22. The highest BCUT2D eigenvalue weighted by atomic mass is 16.5. The third-order valence-corrected chi connectivity index (χ3v) is 3.14. The number of pyridine rings is 1. The Labute approximate surface area is 124 Å². The number of benzene rings is 1. The van der Waals surface area contributed by atoms with Crippen molar-refractivity contribution in [3.05, 3.63) is 47.7 Å². The molecule has 2 aromatic rings. The smallest absolute Gasteiger partial charge is 0.219 e. The van der Waals surface area contributed by atoms with E-state index in [2.05, 4.69) is 4.98 Å². The fraction of sp³-hybridized carbons (Fsp3) is 0.312. The summed E-state index contributed by atoms with van der Waals surface area (Å²) in [6, 6.07) is 9.26. The van der Waals surface area contributed by atoms with E-state index < -0.39 is 0 Å². The zero-order valence-corrected chi connectivity index (χ0v) is 12.5. The molecule has 0 saturated carbocycles. The van der Waals surface area contributed by atoms with Crippen LogP contribution < -0.4 is 19.9 Å². The number of hydrogen-bond acceptors (Lipinski definition) is 5. The van der Waals surface area contributed by atoms with Gasteiger partial charge < -0.3 is 19.9 Å². The lowest BCUT2D eigenvalue weighted by Crippen LogP contribution is -2.09. The van der Waals surface area contributed by atoms with Crippen molar-refractivity contribution in [3.63, 3.8) is 0 Å². The first-order valence-corrected chi connectivity index (χ1v) is 6.70. The molecule has 0 fully saturated rings. The van der Waals surface area contributed by atoms with Crippen molar-refractivity contribution in [2.75, 3.05) is 14.2 Å². The van der Waals surface area contributed by atoms with Crippen LogP contribution in [0.25, 0.3) is 0 Å². The summed E-state index contributed by atoms with van der Waals surface area (Å²) in [5.74, 6) is 1.99. The van der Waals surface area contributed by atoms with Gasteiger partial charge in [0.25, 0.3) is 0 Å². The van der Waals surface area contributed by atoms with Crippen LogP contribution in [0.15, 0.2) is 36.5 Å². The van der Waals surface area contributed by atoms with E-state index in [-0.39, 0.29) is 6.04 Å². The van der Waals surface area contributed by atoms with Crippen molar-refractivity contribution in [1.29, 1.82) is 0 Å². The molecule has 1 atom stereocenters. The van der Waals surface area contributed by atoms with Crippen molar-refractivity contribution in [2.45, 2.75) is 19.6 Å². The summed E-state index contributed by atoms with van der Waals surface area (Å²) in [6.07, 6.45) is 1.68. The quantitative estimate of drug-likeness (QED) is 0.885. The predicted molar refractivity (Wildman–Crippen MR) is 80.7 cm³/mol. The van der Waals surface area contributed by atoms with Gasteiger partial charge in [0.15, 0.2) is 0 Å². The number of nitrogens with two attached hydrogens (primary N) is 1. The number of ether oxygens (including phenoxy) is 3. The van der Waals surface area contributed by atoms with E-state index in [9.17, 15) is 0 Å². The van der Waals surface area contributed by atoms with Gasteiger partial charge in [0, 0.05) is 23.9 Å². The molecule has 2 N–H and O–H groups in total. The van der Waals surface area contributed by atoms with Gasteiger partial charge in [-0.1, -0.05) is 6.07 Å². The molecule has 5 nitrogen and oxygen atoms in total. The van der Waals surface area contributed by atoms with E-state index in [0.717, 1.165) is 16.9 Å². The summed E-state index contributed by atoms with van der Waals surface area (Å²) < 4.78 is 16.3. The molecular weight excluding hydrogens is 268 g/mol. The first-order chi connectivity index (χ1) is 10.2. The number of methoxy groups -OCH3 is 2. The van der Waals surface area contributed by atoms with Gasteiger partial charge in [-0.15, -0.1) is 0 Å². The van der Waals surface area contributed by atoms with Gasteiger partial charge in [-0.2, -0.15) is 0 Å². The molecular formula is C16H20N2O3. The Bertz CT molecular complexity index is 600. The zero-order valence-electron chi connectivity index (χ0n) is 12.5.